The fourth-order valence-electron chi connectivity index (χ4n) is 2.25. The molecule has 1 aromatic carbocycles. The summed E-state index contributed by atoms with van der Waals surface area (Å²) in [5.41, 5.74) is 12.7. The van der Waals surface area contributed by atoms with Crippen LogP contribution in [0, 0.1) is 22.7 Å². The van der Waals surface area contributed by atoms with Crippen molar-refractivity contribution in [3.8, 4) is 23.3 Å². The molecule has 9 heteroatoms. The zero-order valence-corrected chi connectivity index (χ0v) is 14.6. The first-order valence-corrected chi connectivity index (χ1v) is 8.28. The van der Waals surface area contributed by atoms with Gasteiger partial charge >= 0.3 is 0 Å². The third kappa shape index (κ3) is 4.09. The number of aromatic nitrogens is 1. The van der Waals surface area contributed by atoms with Gasteiger partial charge in [-0.05, 0) is 17.7 Å². The second kappa shape index (κ2) is 8.01. The minimum Gasteiger partial charge on any atom is -0.383 e. The molecule has 0 aliphatic heterocycles. The molecule has 5 N–H and O–H groups in total. The predicted octanol–water partition coefficient (Wildman–Crippen LogP) is 1.61. The van der Waals surface area contributed by atoms with Gasteiger partial charge in [-0.2, -0.15) is 10.5 Å². The number of nitrogens with two attached hydrogens (primary N) is 2. The number of thioether (sulfide) groups is 1. The Balaban J connectivity index is 2.62. The summed E-state index contributed by atoms with van der Waals surface area (Å²) in [6.07, 6.45) is 0. The van der Waals surface area contributed by atoms with Crippen LogP contribution in [0.5, 0.6) is 0 Å². The van der Waals surface area contributed by atoms with Crippen LogP contribution in [-0.4, -0.2) is 22.6 Å². The molecule has 0 saturated carbocycles. The molecule has 130 valence electrons. The van der Waals surface area contributed by atoms with E-state index in [-0.39, 0.29) is 33.6 Å². The lowest BCUT2D eigenvalue weighted by molar-refractivity contribution is -0.116. The van der Waals surface area contributed by atoms with E-state index < -0.39 is 5.91 Å². The zero-order valence-electron chi connectivity index (χ0n) is 13.7. The normalized spacial score (nSPS) is 9.81. The maximum atomic E-state index is 11.1. The number of pyridine rings is 1. The van der Waals surface area contributed by atoms with Gasteiger partial charge in [0, 0.05) is 18.2 Å². The molecule has 0 bridgehead atoms. The molecule has 26 heavy (non-hydrogen) atoms. The molecule has 0 aliphatic rings. The standard InChI is InChI=1S/C17H14N6O2S/c1-9(24)22-11-4-2-10(3-5-11)15-12(6-18)16(21)23-17(13(15)7-19)26-8-14(20)25/h2-5H,8H2,1H3,(H2,20,25)(H2,21,23)(H,22,24). The van der Waals surface area contributed by atoms with Crippen LogP contribution in [0.1, 0.15) is 18.1 Å². The van der Waals surface area contributed by atoms with Gasteiger partial charge < -0.3 is 16.8 Å². The highest BCUT2D eigenvalue weighted by Crippen LogP contribution is 2.35. The zero-order chi connectivity index (χ0) is 19.3. The lowest BCUT2D eigenvalue weighted by Crippen LogP contribution is -2.14. The number of amides is 2. The molecule has 2 amide bonds. The smallest absolute Gasteiger partial charge is 0.227 e. The average Bonchev–Trinajstić information content (AvgIpc) is 2.59. The van der Waals surface area contributed by atoms with Crippen LogP contribution in [0.3, 0.4) is 0 Å². The molecular weight excluding hydrogens is 352 g/mol. The van der Waals surface area contributed by atoms with Crippen LogP contribution in [0.2, 0.25) is 0 Å². The number of benzene rings is 1. The Kier molecular flexibility index (Phi) is 5.78. The SMILES string of the molecule is CC(=O)Nc1ccc(-c2c(C#N)c(N)nc(SCC(N)=O)c2C#N)cc1. The first-order valence-electron chi connectivity index (χ1n) is 7.30. The number of anilines is 2. The molecule has 8 nitrogen and oxygen atoms in total. The summed E-state index contributed by atoms with van der Waals surface area (Å²) >= 11 is 0.979. The van der Waals surface area contributed by atoms with Crippen molar-refractivity contribution >= 4 is 35.1 Å². The van der Waals surface area contributed by atoms with Crippen LogP contribution in [0.4, 0.5) is 11.5 Å². The van der Waals surface area contributed by atoms with E-state index in [1.165, 1.54) is 6.92 Å². The monoisotopic (exact) mass is 366 g/mol. The Morgan fingerprint density at radius 2 is 1.81 bits per heavy atom. The molecule has 0 radical (unpaired) electrons. The number of nitrogens with zero attached hydrogens (tertiary/aromatic N) is 3. The van der Waals surface area contributed by atoms with Crippen molar-refractivity contribution in [3.63, 3.8) is 0 Å². The molecule has 1 heterocycles. The Morgan fingerprint density at radius 3 is 2.31 bits per heavy atom. The minimum atomic E-state index is -0.565. The maximum absolute atomic E-state index is 11.1. The van der Waals surface area contributed by atoms with Gasteiger partial charge in [0.25, 0.3) is 0 Å². The van der Waals surface area contributed by atoms with Crippen molar-refractivity contribution < 1.29 is 9.59 Å². The van der Waals surface area contributed by atoms with Crippen LogP contribution in [0.25, 0.3) is 11.1 Å². The van der Waals surface area contributed by atoms with E-state index >= 15 is 0 Å². The summed E-state index contributed by atoms with van der Waals surface area (Å²) in [7, 11) is 0. The predicted molar refractivity (Wildman–Crippen MR) is 97.7 cm³/mol. The van der Waals surface area contributed by atoms with Crippen LogP contribution in [-0.2, 0) is 9.59 Å². The van der Waals surface area contributed by atoms with Crippen molar-refractivity contribution in [2.45, 2.75) is 11.9 Å². The number of nitriles is 2. The van der Waals surface area contributed by atoms with Gasteiger partial charge in [0.05, 0.1) is 11.3 Å². The summed E-state index contributed by atoms with van der Waals surface area (Å²) in [6.45, 7) is 1.39. The van der Waals surface area contributed by atoms with Crippen molar-refractivity contribution in [2.24, 2.45) is 5.73 Å². The lowest BCUT2D eigenvalue weighted by atomic mass is 9.96. The Hall–Kier alpha value is -3.56. The van der Waals surface area contributed by atoms with E-state index in [9.17, 15) is 20.1 Å². The van der Waals surface area contributed by atoms with Crippen molar-refractivity contribution in [1.82, 2.24) is 4.98 Å². The molecule has 0 unspecified atom stereocenters. The number of nitrogens with one attached hydrogen (secondary N) is 1. The third-order valence-corrected chi connectivity index (χ3v) is 4.26. The van der Waals surface area contributed by atoms with Crippen molar-refractivity contribution in [1.29, 1.82) is 10.5 Å². The number of nitrogen functional groups attached to an aromatic ring is 1. The van der Waals surface area contributed by atoms with E-state index in [2.05, 4.69) is 10.3 Å². The van der Waals surface area contributed by atoms with E-state index in [0.717, 1.165) is 11.8 Å². The summed E-state index contributed by atoms with van der Waals surface area (Å²) in [5, 5.41) is 21.9. The van der Waals surface area contributed by atoms with E-state index in [0.29, 0.717) is 16.8 Å². The number of rotatable bonds is 5. The number of hydrogen-bond acceptors (Lipinski definition) is 7. The van der Waals surface area contributed by atoms with Crippen LogP contribution < -0.4 is 16.8 Å². The summed E-state index contributed by atoms with van der Waals surface area (Å²) in [4.78, 5) is 26.2. The second-order valence-electron chi connectivity index (χ2n) is 5.16. The Bertz CT molecular complexity index is 957. The molecule has 1 aromatic heterocycles. The van der Waals surface area contributed by atoms with E-state index in [1.54, 1.807) is 24.3 Å². The fourth-order valence-corrected chi connectivity index (χ4v) is 2.99. The fraction of sp³-hybridized carbons (Fsp3) is 0.118. The van der Waals surface area contributed by atoms with Gasteiger partial charge in [0.2, 0.25) is 11.8 Å². The number of primary amides is 1. The first kappa shape index (κ1) is 18.8. The van der Waals surface area contributed by atoms with Crippen molar-refractivity contribution in [3.05, 3.63) is 35.4 Å². The van der Waals surface area contributed by atoms with Crippen LogP contribution in [0.15, 0.2) is 29.3 Å². The number of carbonyl (C=O) groups excluding carboxylic acids is 2. The lowest BCUT2D eigenvalue weighted by Gasteiger charge is -2.13. The number of hydrogen-bond donors (Lipinski definition) is 3. The minimum absolute atomic E-state index is 0.0422. The van der Waals surface area contributed by atoms with Gasteiger partial charge in [0.15, 0.2) is 0 Å². The topological polar surface area (TPSA) is 159 Å². The van der Waals surface area contributed by atoms with Crippen LogP contribution >= 0.6 is 11.8 Å². The van der Waals surface area contributed by atoms with Gasteiger partial charge in [-0.3, -0.25) is 9.59 Å². The summed E-state index contributed by atoms with van der Waals surface area (Å²) in [6, 6.07) is 10.6. The van der Waals surface area contributed by atoms with Gasteiger partial charge in [-0.1, -0.05) is 23.9 Å². The van der Waals surface area contributed by atoms with E-state index in [4.69, 9.17) is 11.5 Å². The molecule has 0 atom stereocenters. The second-order valence-corrected chi connectivity index (χ2v) is 6.13. The molecule has 2 aromatic rings. The Morgan fingerprint density at radius 1 is 1.19 bits per heavy atom. The van der Waals surface area contributed by atoms with Crippen molar-refractivity contribution in [2.75, 3.05) is 16.8 Å². The Labute approximate surface area is 153 Å². The number of carbonyl (C=O) groups is 2. The summed E-state index contributed by atoms with van der Waals surface area (Å²) < 4.78 is 0. The third-order valence-electron chi connectivity index (χ3n) is 3.26. The maximum Gasteiger partial charge on any atom is 0.227 e. The molecule has 0 aliphatic carbocycles. The molecule has 0 fully saturated rings. The molecular formula is C17H14N6O2S. The largest absolute Gasteiger partial charge is 0.383 e. The molecule has 0 spiro atoms. The first-order chi connectivity index (χ1) is 12.4. The highest BCUT2D eigenvalue weighted by molar-refractivity contribution is 8.00. The quantitative estimate of drug-likeness (QED) is 0.678. The van der Waals surface area contributed by atoms with E-state index in [1.807, 2.05) is 12.1 Å². The van der Waals surface area contributed by atoms with Gasteiger partial charge in [0.1, 0.15) is 28.5 Å². The molecule has 0 saturated heterocycles. The highest BCUT2D eigenvalue weighted by Gasteiger charge is 2.20. The summed E-state index contributed by atoms with van der Waals surface area (Å²) in [5.74, 6) is -0.899. The van der Waals surface area contributed by atoms with Gasteiger partial charge in [-0.25, -0.2) is 4.98 Å². The molecule has 2 rings (SSSR count). The van der Waals surface area contributed by atoms with Gasteiger partial charge in [-0.15, -0.1) is 0 Å². The highest BCUT2D eigenvalue weighted by atomic mass is 32.2. The average molecular weight is 366 g/mol.